The number of rotatable bonds is 7. The molecule has 0 radical (unpaired) electrons. The molecule has 0 aliphatic heterocycles. The Labute approximate surface area is 333 Å². The van der Waals surface area contributed by atoms with Crippen LogP contribution in [-0.4, -0.2) is 17.2 Å². The minimum absolute atomic E-state index is 1.14. The van der Waals surface area contributed by atoms with Crippen molar-refractivity contribution in [2.45, 2.75) is 0 Å². The van der Waals surface area contributed by atoms with Gasteiger partial charge >= 0.3 is 0 Å². The molecule has 0 N–H and O–H groups in total. The molecule has 11 rings (SSSR count). The van der Waals surface area contributed by atoms with Crippen molar-refractivity contribution < 1.29 is 0 Å². The van der Waals surface area contributed by atoms with Gasteiger partial charge in [-0.05, 0) is 74.3 Å². The van der Waals surface area contributed by atoms with Gasteiger partial charge in [0.2, 0.25) is 0 Å². The van der Waals surface area contributed by atoms with E-state index < -0.39 is 8.07 Å². The quantitative estimate of drug-likeness (QED) is 0.114. The monoisotopic (exact) mass is 742 g/mol. The molecule has 268 valence electrons. The van der Waals surface area contributed by atoms with E-state index in [0.717, 1.165) is 11.4 Å². The van der Waals surface area contributed by atoms with Crippen LogP contribution in [0.2, 0.25) is 0 Å². The second-order valence-electron chi connectivity index (χ2n) is 14.9. The SMILES string of the molecule is c1ccc(-c2cccc(-n3c4ccccc4c4ccc(-n5c6ccccc6c6ccc([Si](c7ccccc7)(c7ccccc7)c7ccccc7)cc65)cc43)c2)cc1. The highest BCUT2D eigenvalue weighted by Crippen LogP contribution is 2.37. The molecule has 0 saturated carbocycles. The Morgan fingerprint density at radius 3 is 1.23 bits per heavy atom. The zero-order valence-corrected chi connectivity index (χ0v) is 32.3. The van der Waals surface area contributed by atoms with E-state index in [1.54, 1.807) is 0 Å². The minimum atomic E-state index is -2.76. The zero-order chi connectivity index (χ0) is 37.8. The Morgan fingerprint density at radius 1 is 0.246 bits per heavy atom. The van der Waals surface area contributed by atoms with Crippen LogP contribution < -0.4 is 20.7 Å². The van der Waals surface area contributed by atoms with Crippen LogP contribution in [0.15, 0.2) is 231 Å². The van der Waals surface area contributed by atoms with E-state index in [0.29, 0.717) is 0 Å². The molecular formula is C54H38N2Si. The fourth-order valence-electron chi connectivity index (χ4n) is 9.38. The summed E-state index contributed by atoms with van der Waals surface area (Å²) in [7, 11) is -2.76. The lowest BCUT2D eigenvalue weighted by molar-refractivity contribution is 1.16. The molecule has 0 saturated heterocycles. The maximum Gasteiger partial charge on any atom is 0.179 e. The third-order valence-corrected chi connectivity index (χ3v) is 16.6. The number of aromatic nitrogens is 2. The highest BCUT2D eigenvalue weighted by Gasteiger charge is 2.41. The number of hydrogen-bond donors (Lipinski definition) is 0. The molecular weight excluding hydrogens is 705 g/mol. The van der Waals surface area contributed by atoms with Crippen molar-refractivity contribution in [3.8, 4) is 22.5 Å². The van der Waals surface area contributed by atoms with E-state index in [1.165, 1.54) is 75.5 Å². The predicted molar refractivity (Wildman–Crippen MR) is 244 cm³/mol. The molecule has 0 spiro atoms. The lowest BCUT2D eigenvalue weighted by Crippen LogP contribution is -2.74. The Bertz CT molecular complexity index is 3120. The van der Waals surface area contributed by atoms with Crippen molar-refractivity contribution in [2.24, 2.45) is 0 Å². The number of nitrogens with zero attached hydrogens (tertiary/aromatic N) is 2. The summed E-state index contributed by atoms with van der Waals surface area (Å²) < 4.78 is 4.94. The summed E-state index contributed by atoms with van der Waals surface area (Å²) in [6, 6.07) is 85.2. The van der Waals surface area contributed by atoms with Crippen molar-refractivity contribution >= 4 is 72.4 Å². The molecule has 11 aromatic rings. The molecule has 0 unspecified atom stereocenters. The first kappa shape index (κ1) is 33.2. The number of benzene rings is 9. The Kier molecular flexibility index (Phi) is 7.87. The van der Waals surface area contributed by atoms with Gasteiger partial charge in [-0.15, -0.1) is 0 Å². The molecule has 57 heavy (non-hydrogen) atoms. The Balaban J connectivity index is 1.20. The third kappa shape index (κ3) is 5.24. The van der Waals surface area contributed by atoms with Gasteiger partial charge < -0.3 is 9.13 Å². The van der Waals surface area contributed by atoms with Gasteiger partial charge in [0.15, 0.2) is 8.07 Å². The normalized spacial score (nSPS) is 11.9. The largest absolute Gasteiger partial charge is 0.309 e. The number of para-hydroxylation sites is 2. The molecule has 2 nitrogen and oxygen atoms in total. The third-order valence-electron chi connectivity index (χ3n) is 11.9. The van der Waals surface area contributed by atoms with E-state index in [2.05, 4.69) is 240 Å². The van der Waals surface area contributed by atoms with Crippen LogP contribution >= 0.6 is 0 Å². The number of hydrogen-bond acceptors (Lipinski definition) is 0. The van der Waals surface area contributed by atoms with E-state index in [1.807, 2.05) is 0 Å². The summed E-state index contributed by atoms with van der Waals surface area (Å²) >= 11 is 0. The van der Waals surface area contributed by atoms with Gasteiger partial charge in [-0.2, -0.15) is 0 Å². The fourth-order valence-corrected chi connectivity index (χ4v) is 14.1. The summed E-state index contributed by atoms with van der Waals surface area (Å²) in [5, 5.41) is 10.5. The second-order valence-corrected chi connectivity index (χ2v) is 18.7. The maximum atomic E-state index is 2.51. The predicted octanol–water partition coefficient (Wildman–Crippen LogP) is 10.9. The summed E-state index contributed by atoms with van der Waals surface area (Å²) in [6.07, 6.45) is 0. The topological polar surface area (TPSA) is 9.86 Å². The lowest BCUT2D eigenvalue weighted by atomic mass is 10.1. The van der Waals surface area contributed by atoms with Crippen molar-refractivity contribution in [1.29, 1.82) is 0 Å². The molecule has 2 aromatic heterocycles. The van der Waals surface area contributed by atoms with E-state index >= 15 is 0 Å². The summed E-state index contributed by atoms with van der Waals surface area (Å²) in [6.45, 7) is 0. The number of fused-ring (bicyclic) bond motifs is 6. The van der Waals surface area contributed by atoms with E-state index in [9.17, 15) is 0 Å². The molecule has 9 aromatic carbocycles. The van der Waals surface area contributed by atoms with Crippen molar-refractivity contribution in [3.63, 3.8) is 0 Å². The van der Waals surface area contributed by atoms with Crippen LogP contribution in [0.25, 0.3) is 66.1 Å². The molecule has 0 fully saturated rings. The molecule has 3 heteroatoms. The van der Waals surface area contributed by atoms with Gasteiger partial charge in [0.25, 0.3) is 0 Å². The summed E-state index contributed by atoms with van der Waals surface area (Å²) in [4.78, 5) is 0. The van der Waals surface area contributed by atoms with E-state index in [-0.39, 0.29) is 0 Å². The highest BCUT2D eigenvalue weighted by molar-refractivity contribution is 7.20. The van der Waals surface area contributed by atoms with Crippen molar-refractivity contribution in [1.82, 2.24) is 9.13 Å². The van der Waals surface area contributed by atoms with Crippen LogP contribution in [0.5, 0.6) is 0 Å². The smallest absolute Gasteiger partial charge is 0.179 e. The van der Waals surface area contributed by atoms with Gasteiger partial charge in [0.05, 0.1) is 22.1 Å². The van der Waals surface area contributed by atoms with Gasteiger partial charge in [0.1, 0.15) is 0 Å². The lowest BCUT2D eigenvalue weighted by Gasteiger charge is -2.34. The molecule has 0 bridgehead atoms. The Morgan fingerprint density at radius 2 is 0.667 bits per heavy atom. The molecule has 0 amide bonds. The highest BCUT2D eigenvalue weighted by atomic mass is 28.3. The van der Waals surface area contributed by atoms with Gasteiger partial charge in [0, 0.05) is 32.9 Å². The van der Waals surface area contributed by atoms with Gasteiger partial charge in [-0.25, -0.2) is 0 Å². The first-order chi connectivity index (χ1) is 28.3. The van der Waals surface area contributed by atoms with Gasteiger partial charge in [-0.1, -0.05) is 188 Å². The van der Waals surface area contributed by atoms with Crippen LogP contribution in [0.4, 0.5) is 0 Å². The van der Waals surface area contributed by atoms with Crippen molar-refractivity contribution in [2.75, 3.05) is 0 Å². The van der Waals surface area contributed by atoms with Gasteiger partial charge in [-0.3, -0.25) is 0 Å². The second kappa shape index (κ2) is 13.5. The summed E-state index contributed by atoms with van der Waals surface area (Å²) in [5.41, 5.74) is 9.49. The first-order valence-electron chi connectivity index (χ1n) is 19.7. The molecule has 2 heterocycles. The minimum Gasteiger partial charge on any atom is -0.309 e. The molecule has 0 aliphatic rings. The van der Waals surface area contributed by atoms with Crippen LogP contribution in [-0.2, 0) is 0 Å². The van der Waals surface area contributed by atoms with E-state index in [4.69, 9.17) is 0 Å². The molecule has 0 atom stereocenters. The average molecular weight is 743 g/mol. The van der Waals surface area contributed by atoms with Crippen LogP contribution in [0.3, 0.4) is 0 Å². The Hall–Kier alpha value is -7.20. The summed E-state index contributed by atoms with van der Waals surface area (Å²) in [5.74, 6) is 0. The average Bonchev–Trinajstić information content (AvgIpc) is 3.80. The molecule has 0 aliphatic carbocycles. The van der Waals surface area contributed by atoms with Crippen LogP contribution in [0, 0.1) is 0 Å². The maximum absolute atomic E-state index is 2.76. The standard InChI is InChI=1S/C54H38N2Si/c1-5-18-39(19-6-1)40-20-17-21-41(36-40)55-51-30-15-13-28-47(51)49-34-32-42(37-53(49)55)56-52-31-16-14-29-48(52)50-35-33-46(38-54(50)56)57(43-22-7-2-8-23-43,44-24-9-3-10-25-44)45-26-11-4-12-27-45/h1-38H. The zero-order valence-electron chi connectivity index (χ0n) is 31.3. The fraction of sp³-hybridized carbons (Fsp3) is 0. The first-order valence-corrected chi connectivity index (χ1v) is 21.7. The van der Waals surface area contributed by atoms with Crippen LogP contribution in [0.1, 0.15) is 0 Å². The van der Waals surface area contributed by atoms with Crippen molar-refractivity contribution in [3.05, 3.63) is 231 Å².